The molecule has 1 fully saturated rings. The van der Waals surface area contributed by atoms with Gasteiger partial charge in [-0.25, -0.2) is 4.68 Å². The molecule has 1 aliphatic heterocycles. The highest BCUT2D eigenvalue weighted by molar-refractivity contribution is 7.99. The van der Waals surface area contributed by atoms with Gasteiger partial charge in [-0.3, -0.25) is 9.59 Å². The van der Waals surface area contributed by atoms with Crippen molar-refractivity contribution in [1.82, 2.24) is 14.7 Å². The van der Waals surface area contributed by atoms with E-state index < -0.39 is 6.04 Å². The molecule has 1 atom stereocenters. The van der Waals surface area contributed by atoms with E-state index in [2.05, 4.69) is 11.4 Å². The van der Waals surface area contributed by atoms with Crippen LogP contribution >= 0.6 is 11.8 Å². The first-order chi connectivity index (χ1) is 16.7. The highest BCUT2D eigenvalue weighted by atomic mass is 32.2. The largest absolute Gasteiger partial charge is 0.324 e. The van der Waals surface area contributed by atoms with Crippen LogP contribution in [-0.2, 0) is 17.6 Å². The zero-order valence-electron chi connectivity index (χ0n) is 18.7. The SMILES string of the molecule is N#Cc1ccc(NC(=O)C2CSCN2C(=O)c2nn(-c3ccccc3)c3c2CCCCC3)cc1. The molecule has 8 heteroatoms. The number of thioether (sulfide) groups is 1. The number of hydrogen-bond donors (Lipinski definition) is 1. The molecule has 2 aromatic carbocycles. The third kappa shape index (κ3) is 4.31. The third-order valence-electron chi connectivity index (χ3n) is 6.36. The standard InChI is InChI=1S/C26H25N5O2S/c27-15-18-11-13-19(14-12-18)28-25(32)23-16-34-17-30(23)26(33)24-21-9-5-2-6-10-22(21)31(29-24)20-7-3-1-4-8-20/h1,3-4,7-8,11-14,23H,2,5-6,9-10,16-17H2,(H,28,32). The first-order valence-electron chi connectivity index (χ1n) is 11.5. The molecule has 0 saturated carbocycles. The Kier molecular flexibility index (Phi) is 6.37. The predicted octanol–water partition coefficient (Wildman–Crippen LogP) is 4.17. The summed E-state index contributed by atoms with van der Waals surface area (Å²) < 4.78 is 1.92. The number of rotatable bonds is 4. The van der Waals surface area contributed by atoms with E-state index in [-0.39, 0.29) is 11.8 Å². The smallest absolute Gasteiger partial charge is 0.276 e. The second-order valence-corrected chi connectivity index (χ2v) is 9.55. The average molecular weight is 472 g/mol. The number of nitrogens with one attached hydrogen (secondary N) is 1. The number of para-hydroxylation sites is 1. The van der Waals surface area contributed by atoms with Crippen molar-refractivity contribution in [3.8, 4) is 11.8 Å². The van der Waals surface area contributed by atoms with Gasteiger partial charge in [0.15, 0.2) is 5.69 Å². The number of hydrogen-bond acceptors (Lipinski definition) is 5. The first-order valence-corrected chi connectivity index (χ1v) is 12.7. The summed E-state index contributed by atoms with van der Waals surface area (Å²) in [5, 5.41) is 16.7. The molecule has 34 heavy (non-hydrogen) atoms. The van der Waals surface area contributed by atoms with Crippen molar-refractivity contribution in [3.05, 3.63) is 77.1 Å². The third-order valence-corrected chi connectivity index (χ3v) is 7.37. The van der Waals surface area contributed by atoms with Crippen LogP contribution in [0.3, 0.4) is 0 Å². The molecule has 2 aliphatic rings. The number of carbonyl (C=O) groups excluding carboxylic acids is 2. The van der Waals surface area contributed by atoms with Crippen LogP contribution in [0.25, 0.3) is 5.69 Å². The minimum Gasteiger partial charge on any atom is -0.324 e. The first kappa shape index (κ1) is 22.2. The van der Waals surface area contributed by atoms with Crippen LogP contribution in [0.2, 0.25) is 0 Å². The van der Waals surface area contributed by atoms with Gasteiger partial charge < -0.3 is 10.2 Å². The Bertz CT molecular complexity index is 1250. The molecular weight excluding hydrogens is 446 g/mol. The van der Waals surface area contributed by atoms with E-state index in [9.17, 15) is 9.59 Å². The maximum Gasteiger partial charge on any atom is 0.276 e. The molecule has 1 aliphatic carbocycles. The van der Waals surface area contributed by atoms with Crippen molar-refractivity contribution in [2.75, 3.05) is 16.9 Å². The molecule has 2 amide bonds. The van der Waals surface area contributed by atoms with E-state index in [0.29, 0.717) is 28.6 Å². The normalized spacial score (nSPS) is 17.5. The molecule has 1 N–H and O–H groups in total. The highest BCUT2D eigenvalue weighted by Gasteiger charge is 2.38. The van der Waals surface area contributed by atoms with Crippen molar-refractivity contribution in [2.24, 2.45) is 0 Å². The lowest BCUT2D eigenvalue weighted by Gasteiger charge is -2.22. The number of anilines is 1. The second kappa shape index (κ2) is 9.74. The van der Waals surface area contributed by atoms with Gasteiger partial charge in [-0.2, -0.15) is 10.4 Å². The van der Waals surface area contributed by atoms with E-state index >= 15 is 0 Å². The van der Waals surface area contributed by atoms with Crippen LogP contribution in [-0.4, -0.2) is 44.2 Å². The summed E-state index contributed by atoms with van der Waals surface area (Å²) in [6.45, 7) is 0. The molecule has 1 saturated heterocycles. The maximum absolute atomic E-state index is 13.7. The van der Waals surface area contributed by atoms with Gasteiger partial charge in [0.2, 0.25) is 5.91 Å². The molecule has 5 rings (SSSR count). The van der Waals surface area contributed by atoms with Gasteiger partial charge in [-0.05, 0) is 62.1 Å². The molecule has 0 radical (unpaired) electrons. The maximum atomic E-state index is 13.7. The summed E-state index contributed by atoms with van der Waals surface area (Å²) in [7, 11) is 0. The van der Waals surface area contributed by atoms with E-state index in [4.69, 9.17) is 10.4 Å². The summed E-state index contributed by atoms with van der Waals surface area (Å²) in [5.74, 6) is 0.585. The van der Waals surface area contributed by atoms with Gasteiger partial charge in [0.1, 0.15) is 6.04 Å². The summed E-state index contributed by atoms with van der Waals surface area (Å²) in [6, 6.07) is 18.1. The Morgan fingerprint density at radius 2 is 1.79 bits per heavy atom. The van der Waals surface area contributed by atoms with Gasteiger partial charge in [0.05, 0.1) is 23.2 Å². The Morgan fingerprint density at radius 1 is 1.03 bits per heavy atom. The van der Waals surface area contributed by atoms with Crippen molar-refractivity contribution in [1.29, 1.82) is 5.26 Å². The quantitative estimate of drug-likeness (QED) is 0.577. The van der Waals surface area contributed by atoms with E-state index in [0.717, 1.165) is 49.0 Å². The Hall–Kier alpha value is -3.57. The van der Waals surface area contributed by atoms with E-state index in [1.807, 2.05) is 35.0 Å². The van der Waals surface area contributed by atoms with E-state index in [1.165, 1.54) is 0 Å². The number of carbonyl (C=O) groups is 2. The Balaban J connectivity index is 1.42. The minimum absolute atomic E-state index is 0.183. The van der Waals surface area contributed by atoms with Crippen LogP contribution in [0, 0.1) is 11.3 Å². The van der Waals surface area contributed by atoms with Crippen molar-refractivity contribution < 1.29 is 9.59 Å². The second-order valence-electron chi connectivity index (χ2n) is 8.55. The van der Waals surface area contributed by atoms with Gasteiger partial charge in [-0.1, -0.05) is 24.6 Å². The molecule has 0 spiro atoms. The monoisotopic (exact) mass is 471 g/mol. The minimum atomic E-state index is -0.573. The fourth-order valence-electron chi connectivity index (χ4n) is 4.58. The van der Waals surface area contributed by atoms with Crippen molar-refractivity contribution >= 4 is 29.3 Å². The van der Waals surface area contributed by atoms with Gasteiger partial charge in [0.25, 0.3) is 5.91 Å². The topological polar surface area (TPSA) is 91.0 Å². The van der Waals surface area contributed by atoms with Crippen LogP contribution in [0.4, 0.5) is 5.69 Å². The molecule has 2 heterocycles. The van der Waals surface area contributed by atoms with Crippen LogP contribution < -0.4 is 5.32 Å². The van der Waals surface area contributed by atoms with Crippen LogP contribution in [0.15, 0.2) is 54.6 Å². The number of benzene rings is 2. The average Bonchev–Trinajstić information content (AvgIpc) is 3.43. The number of nitrogens with zero attached hydrogens (tertiary/aromatic N) is 4. The zero-order chi connectivity index (χ0) is 23.5. The lowest BCUT2D eigenvalue weighted by Crippen LogP contribution is -2.45. The summed E-state index contributed by atoms with van der Waals surface area (Å²) in [4.78, 5) is 28.5. The van der Waals surface area contributed by atoms with E-state index in [1.54, 1.807) is 40.9 Å². The summed E-state index contributed by atoms with van der Waals surface area (Å²) in [6.07, 6.45) is 4.96. The number of nitriles is 1. The summed E-state index contributed by atoms with van der Waals surface area (Å²) in [5.41, 5.74) is 4.69. The fourth-order valence-corrected chi connectivity index (χ4v) is 5.73. The zero-order valence-corrected chi connectivity index (χ0v) is 19.6. The number of aromatic nitrogens is 2. The fraction of sp³-hybridized carbons (Fsp3) is 0.308. The number of amides is 2. The Morgan fingerprint density at radius 3 is 2.56 bits per heavy atom. The Labute approximate surface area is 202 Å². The molecule has 1 aromatic heterocycles. The van der Waals surface area contributed by atoms with Crippen molar-refractivity contribution in [3.63, 3.8) is 0 Å². The predicted molar refractivity (Wildman–Crippen MR) is 132 cm³/mol. The van der Waals surface area contributed by atoms with Crippen LogP contribution in [0.5, 0.6) is 0 Å². The molecular formula is C26H25N5O2S. The molecule has 1 unspecified atom stereocenters. The van der Waals surface area contributed by atoms with Gasteiger partial charge in [0, 0.05) is 22.7 Å². The number of fused-ring (bicyclic) bond motifs is 1. The van der Waals surface area contributed by atoms with Gasteiger partial charge >= 0.3 is 0 Å². The molecule has 7 nitrogen and oxygen atoms in total. The molecule has 3 aromatic rings. The van der Waals surface area contributed by atoms with Gasteiger partial charge in [-0.15, -0.1) is 11.8 Å². The molecule has 172 valence electrons. The highest BCUT2D eigenvalue weighted by Crippen LogP contribution is 2.30. The lowest BCUT2D eigenvalue weighted by atomic mass is 10.1. The molecule has 0 bridgehead atoms. The lowest BCUT2D eigenvalue weighted by molar-refractivity contribution is -0.119. The van der Waals surface area contributed by atoms with Crippen LogP contribution in [0.1, 0.15) is 46.6 Å². The van der Waals surface area contributed by atoms with Crippen molar-refractivity contribution in [2.45, 2.75) is 38.1 Å². The summed E-state index contributed by atoms with van der Waals surface area (Å²) >= 11 is 1.57.